The summed E-state index contributed by atoms with van der Waals surface area (Å²) in [6.07, 6.45) is -0.160. The molecule has 41 heavy (non-hydrogen) atoms. The lowest BCUT2D eigenvalue weighted by Crippen LogP contribution is -2.57. The Morgan fingerprint density at radius 2 is 1.59 bits per heavy atom. The first kappa shape index (κ1) is 29.2. The van der Waals surface area contributed by atoms with E-state index in [0.29, 0.717) is 26.9 Å². The maximum absolute atomic E-state index is 15.5. The number of ether oxygens (including phenoxy) is 1. The Hall–Kier alpha value is -3.33. The normalized spacial score (nSPS) is 21.8. The molecule has 7 nitrogen and oxygen atoms in total. The molecular weight excluding hydrogens is 592 g/mol. The van der Waals surface area contributed by atoms with Gasteiger partial charge in [-0.25, -0.2) is 4.39 Å². The molecule has 0 aliphatic carbocycles. The molecule has 0 saturated carbocycles. The fourth-order valence-corrected chi connectivity index (χ4v) is 6.53. The lowest BCUT2D eigenvalue weighted by atomic mass is 9.59. The standard InChI is InChI=1S/C30H27Cl3FN3O4/c1-29(2,28(40)37(3)4)41-24-10-7-16(32)11-18(24)21-14-25(38)36-26(19-12-15(31)6-9-22(19)34)30(21)20-8-5-17(33)13-23(20)35-27(30)39/h5-13,21,26H,14H2,1-4H3,(H,35,39)(H,36,38)/t21-,26+,30?/m1/s1. The van der Waals surface area contributed by atoms with Crippen LogP contribution in [0.2, 0.25) is 15.1 Å². The van der Waals surface area contributed by atoms with Crippen LogP contribution in [0.25, 0.3) is 0 Å². The Bertz CT molecular complexity index is 1600. The molecule has 11 heteroatoms. The number of likely N-dealkylation sites (N-methyl/N-ethyl adjacent to an activating group) is 1. The van der Waals surface area contributed by atoms with Crippen molar-refractivity contribution in [1.82, 2.24) is 10.2 Å². The maximum atomic E-state index is 15.5. The van der Waals surface area contributed by atoms with Crippen LogP contribution in [-0.2, 0) is 19.8 Å². The van der Waals surface area contributed by atoms with Crippen LogP contribution in [0.5, 0.6) is 5.75 Å². The zero-order valence-electron chi connectivity index (χ0n) is 22.7. The minimum absolute atomic E-state index is 0.0427. The number of amides is 3. The van der Waals surface area contributed by atoms with Crippen LogP contribution < -0.4 is 15.4 Å². The van der Waals surface area contributed by atoms with Gasteiger partial charge in [0, 0.05) is 58.3 Å². The fraction of sp³-hybridized carbons (Fsp3) is 0.300. The highest BCUT2D eigenvalue weighted by atomic mass is 35.5. The van der Waals surface area contributed by atoms with Crippen molar-refractivity contribution in [3.63, 3.8) is 0 Å². The number of fused-ring (bicyclic) bond motifs is 2. The van der Waals surface area contributed by atoms with Crippen molar-refractivity contribution in [2.24, 2.45) is 0 Å². The van der Waals surface area contributed by atoms with Crippen molar-refractivity contribution >= 4 is 58.2 Å². The number of nitrogens with zero attached hydrogens (tertiary/aromatic N) is 1. The molecule has 5 rings (SSSR count). The van der Waals surface area contributed by atoms with E-state index in [2.05, 4.69) is 10.6 Å². The molecule has 1 spiro atoms. The van der Waals surface area contributed by atoms with E-state index in [1.807, 2.05) is 0 Å². The predicted molar refractivity (Wildman–Crippen MR) is 156 cm³/mol. The van der Waals surface area contributed by atoms with Crippen LogP contribution in [0, 0.1) is 5.82 Å². The van der Waals surface area contributed by atoms with E-state index < -0.39 is 40.6 Å². The summed E-state index contributed by atoms with van der Waals surface area (Å²) in [4.78, 5) is 42.0. The van der Waals surface area contributed by atoms with Gasteiger partial charge in [-0.15, -0.1) is 0 Å². The topological polar surface area (TPSA) is 87.7 Å². The summed E-state index contributed by atoms with van der Waals surface area (Å²) in [5.41, 5.74) is -1.48. The molecule has 1 saturated heterocycles. The van der Waals surface area contributed by atoms with Crippen molar-refractivity contribution in [1.29, 1.82) is 0 Å². The summed E-state index contributed by atoms with van der Waals surface area (Å²) >= 11 is 19.0. The van der Waals surface area contributed by atoms with Crippen molar-refractivity contribution in [3.05, 3.63) is 92.2 Å². The number of anilines is 1. The third-order valence-electron chi connectivity index (χ3n) is 7.65. The van der Waals surface area contributed by atoms with Gasteiger partial charge in [-0.2, -0.15) is 0 Å². The number of carbonyl (C=O) groups excluding carboxylic acids is 3. The molecule has 3 aromatic rings. The number of carbonyl (C=O) groups is 3. The summed E-state index contributed by atoms with van der Waals surface area (Å²) in [5, 5.41) is 6.71. The van der Waals surface area contributed by atoms with E-state index in [1.54, 1.807) is 64.3 Å². The molecule has 0 radical (unpaired) electrons. The van der Waals surface area contributed by atoms with Crippen LogP contribution in [0.1, 0.15) is 48.9 Å². The van der Waals surface area contributed by atoms with Gasteiger partial charge in [0.1, 0.15) is 17.0 Å². The second kappa shape index (κ2) is 10.5. The molecule has 2 N–H and O–H groups in total. The SMILES string of the molecule is CN(C)C(=O)C(C)(C)Oc1ccc(Cl)cc1[C@H]1CC(=O)N[C@@H](c2cc(Cl)ccc2F)C12C(=O)Nc1cc(Cl)ccc12. The van der Waals surface area contributed by atoms with Crippen molar-refractivity contribution in [2.45, 2.75) is 43.2 Å². The number of piperidine rings is 1. The summed E-state index contributed by atoms with van der Waals surface area (Å²) in [6, 6.07) is 12.6. The van der Waals surface area contributed by atoms with Gasteiger partial charge in [-0.1, -0.05) is 40.9 Å². The minimum Gasteiger partial charge on any atom is -0.478 e. The van der Waals surface area contributed by atoms with E-state index in [9.17, 15) is 14.4 Å². The van der Waals surface area contributed by atoms with Gasteiger partial charge in [0.15, 0.2) is 5.60 Å². The molecule has 3 aromatic carbocycles. The van der Waals surface area contributed by atoms with Crippen molar-refractivity contribution in [3.8, 4) is 5.75 Å². The maximum Gasteiger partial charge on any atom is 0.265 e. The van der Waals surface area contributed by atoms with Gasteiger partial charge < -0.3 is 20.3 Å². The molecule has 2 heterocycles. The first-order valence-corrected chi connectivity index (χ1v) is 13.9. The van der Waals surface area contributed by atoms with Crippen LogP contribution in [0.15, 0.2) is 54.6 Å². The minimum atomic E-state index is -1.57. The molecule has 0 aromatic heterocycles. The van der Waals surface area contributed by atoms with Gasteiger partial charge in [-0.3, -0.25) is 14.4 Å². The van der Waals surface area contributed by atoms with Gasteiger partial charge in [-0.05, 0) is 67.9 Å². The highest BCUT2D eigenvalue weighted by molar-refractivity contribution is 6.31. The zero-order chi connectivity index (χ0) is 29.9. The smallest absolute Gasteiger partial charge is 0.265 e. The number of rotatable bonds is 5. The Labute approximate surface area is 251 Å². The van der Waals surface area contributed by atoms with Crippen LogP contribution >= 0.6 is 34.8 Å². The van der Waals surface area contributed by atoms with Crippen molar-refractivity contribution < 1.29 is 23.5 Å². The van der Waals surface area contributed by atoms with Crippen molar-refractivity contribution in [2.75, 3.05) is 19.4 Å². The van der Waals surface area contributed by atoms with Crippen LogP contribution in [0.3, 0.4) is 0 Å². The molecule has 3 atom stereocenters. The quantitative estimate of drug-likeness (QED) is 0.353. The summed E-state index contributed by atoms with van der Waals surface area (Å²) in [5.74, 6) is -2.48. The van der Waals surface area contributed by atoms with Gasteiger partial charge in [0.2, 0.25) is 11.8 Å². The number of hydrogen-bond donors (Lipinski definition) is 2. The molecule has 2 aliphatic rings. The van der Waals surface area contributed by atoms with Crippen LogP contribution in [-0.4, -0.2) is 42.3 Å². The zero-order valence-corrected chi connectivity index (χ0v) is 24.9. The summed E-state index contributed by atoms with van der Waals surface area (Å²) < 4.78 is 21.8. The summed E-state index contributed by atoms with van der Waals surface area (Å²) in [7, 11) is 3.23. The van der Waals surface area contributed by atoms with E-state index in [0.717, 1.165) is 0 Å². The van der Waals surface area contributed by atoms with Crippen LogP contribution in [0.4, 0.5) is 10.1 Å². The van der Waals surface area contributed by atoms with Gasteiger partial charge in [0.25, 0.3) is 5.91 Å². The third-order valence-corrected chi connectivity index (χ3v) is 8.36. The number of hydrogen-bond acceptors (Lipinski definition) is 4. The van der Waals surface area contributed by atoms with E-state index >= 15 is 4.39 Å². The predicted octanol–water partition coefficient (Wildman–Crippen LogP) is 6.27. The van der Waals surface area contributed by atoms with Gasteiger partial charge >= 0.3 is 0 Å². The lowest BCUT2D eigenvalue weighted by Gasteiger charge is -2.47. The largest absolute Gasteiger partial charge is 0.478 e. The second-order valence-corrected chi connectivity index (χ2v) is 12.2. The second-order valence-electron chi connectivity index (χ2n) is 10.9. The number of nitrogens with one attached hydrogen (secondary N) is 2. The Morgan fingerprint density at radius 1 is 0.976 bits per heavy atom. The first-order valence-electron chi connectivity index (χ1n) is 12.8. The van der Waals surface area contributed by atoms with E-state index in [-0.39, 0.29) is 28.7 Å². The number of halogens is 4. The molecule has 214 valence electrons. The molecular formula is C30H27Cl3FN3O4. The van der Waals surface area contributed by atoms with Gasteiger partial charge in [0.05, 0.1) is 6.04 Å². The average Bonchev–Trinajstić information content (AvgIpc) is 3.18. The molecule has 3 amide bonds. The lowest BCUT2D eigenvalue weighted by molar-refractivity contribution is -0.143. The first-order chi connectivity index (χ1) is 19.2. The Kier molecular flexibility index (Phi) is 7.47. The Balaban J connectivity index is 1.80. The fourth-order valence-electron chi connectivity index (χ4n) is 6.00. The van der Waals surface area contributed by atoms with E-state index in [1.165, 1.54) is 23.1 Å². The molecule has 1 fully saturated rings. The Morgan fingerprint density at radius 3 is 2.27 bits per heavy atom. The van der Waals surface area contributed by atoms with E-state index in [4.69, 9.17) is 39.5 Å². The monoisotopic (exact) mass is 617 g/mol. The third kappa shape index (κ3) is 4.92. The highest BCUT2D eigenvalue weighted by Crippen LogP contribution is 2.59. The molecule has 1 unspecified atom stereocenters. The summed E-state index contributed by atoms with van der Waals surface area (Å²) in [6.45, 7) is 3.25. The highest BCUT2D eigenvalue weighted by Gasteiger charge is 2.62. The average molecular weight is 619 g/mol. The molecule has 2 aliphatic heterocycles. The molecule has 0 bridgehead atoms. The number of benzene rings is 3.